The van der Waals surface area contributed by atoms with E-state index in [9.17, 15) is 4.57 Å². The number of ether oxygens (including phenoxy) is 2. The van der Waals surface area contributed by atoms with Crippen molar-refractivity contribution in [1.29, 1.82) is 0 Å². The van der Waals surface area contributed by atoms with Crippen LogP contribution in [-0.4, -0.2) is 39.2 Å². The predicted molar refractivity (Wildman–Crippen MR) is 139 cm³/mol. The summed E-state index contributed by atoms with van der Waals surface area (Å²) in [7, 11) is -3.48. The van der Waals surface area contributed by atoms with Crippen molar-refractivity contribution in [2.24, 2.45) is 0 Å². The first-order chi connectivity index (χ1) is 16.7. The lowest BCUT2D eigenvalue weighted by atomic mass is 10.1. The lowest BCUT2D eigenvalue weighted by molar-refractivity contribution is -0.112. The maximum Gasteiger partial charge on any atom is 0.371 e. The Labute approximate surface area is 205 Å². The lowest BCUT2D eigenvalue weighted by Gasteiger charge is -2.18. The van der Waals surface area contributed by atoms with Gasteiger partial charge in [-0.2, -0.15) is 0 Å². The number of hydrogen-bond acceptors (Lipinski definition) is 6. The van der Waals surface area contributed by atoms with Gasteiger partial charge in [-0.25, -0.2) is 0 Å². The van der Waals surface area contributed by atoms with Crippen LogP contribution in [0.4, 0.5) is 0 Å². The Morgan fingerprint density at radius 1 is 0.706 bits per heavy atom. The monoisotopic (exact) mass is 494 g/mol. The summed E-state index contributed by atoms with van der Waals surface area (Å²) in [6.45, 7) is 6.40. The molecule has 2 aromatic rings. The van der Waals surface area contributed by atoms with Gasteiger partial charge in [0.15, 0.2) is 5.75 Å². The minimum absolute atomic E-state index is 0.126. The minimum Gasteiger partial charge on any atom is -0.379 e. The van der Waals surface area contributed by atoms with E-state index in [1.54, 1.807) is 6.07 Å². The zero-order valence-corrected chi connectivity index (χ0v) is 21.9. The van der Waals surface area contributed by atoms with Crippen LogP contribution in [-0.2, 0) is 23.2 Å². The molecule has 0 fully saturated rings. The van der Waals surface area contributed by atoms with E-state index < -0.39 is 7.60 Å². The molecule has 0 N–H and O–H groups in total. The Balaban J connectivity index is 1.79. The van der Waals surface area contributed by atoms with Crippen molar-refractivity contribution in [2.75, 3.05) is 39.2 Å². The summed E-state index contributed by atoms with van der Waals surface area (Å²) >= 11 is 0. The van der Waals surface area contributed by atoms with Crippen molar-refractivity contribution in [3.05, 3.63) is 42.5 Å². The standard InChI is InChI=1S/C27H43O6P/c1-3-5-6-7-8-9-10-11-14-20-31-34(28,24-23-30-22-21-29-4-2)33-32-27-19-15-17-25-16-12-13-18-26(25)27/h12-13,15-19H,3-11,14,20-24H2,1-2H3. The van der Waals surface area contributed by atoms with Gasteiger partial charge in [0.05, 0.1) is 32.6 Å². The van der Waals surface area contributed by atoms with Crippen LogP contribution in [0.1, 0.15) is 71.6 Å². The third kappa shape index (κ3) is 11.8. The number of hydrogen-bond donors (Lipinski definition) is 0. The van der Waals surface area contributed by atoms with Crippen LogP contribution >= 0.6 is 7.60 Å². The molecule has 6 nitrogen and oxygen atoms in total. The fraction of sp³-hybridized carbons (Fsp3) is 0.630. The molecule has 192 valence electrons. The second kappa shape index (κ2) is 17.9. The minimum atomic E-state index is -3.48. The number of rotatable bonds is 21. The Morgan fingerprint density at radius 3 is 2.15 bits per heavy atom. The van der Waals surface area contributed by atoms with E-state index in [1.807, 2.05) is 43.3 Å². The van der Waals surface area contributed by atoms with Gasteiger partial charge in [-0.05, 0) is 24.8 Å². The second-order valence-corrected chi connectivity index (χ2v) is 10.5. The fourth-order valence-corrected chi connectivity index (χ4v) is 4.85. The molecule has 0 amide bonds. The summed E-state index contributed by atoms with van der Waals surface area (Å²) in [6.07, 6.45) is 11.0. The van der Waals surface area contributed by atoms with Crippen LogP contribution in [0.5, 0.6) is 5.75 Å². The first-order valence-corrected chi connectivity index (χ1v) is 14.6. The van der Waals surface area contributed by atoms with Gasteiger partial charge in [0, 0.05) is 12.0 Å². The molecule has 0 saturated heterocycles. The molecule has 7 heteroatoms. The van der Waals surface area contributed by atoms with Crippen LogP contribution < -0.4 is 4.89 Å². The Hall–Kier alpha value is -1.43. The van der Waals surface area contributed by atoms with Crippen molar-refractivity contribution in [3.8, 4) is 5.75 Å². The smallest absolute Gasteiger partial charge is 0.371 e. The highest BCUT2D eigenvalue weighted by atomic mass is 31.2. The molecule has 0 spiro atoms. The molecule has 2 rings (SSSR count). The van der Waals surface area contributed by atoms with E-state index in [-0.39, 0.29) is 12.8 Å². The van der Waals surface area contributed by atoms with Crippen molar-refractivity contribution in [2.45, 2.75) is 71.6 Å². The second-order valence-electron chi connectivity index (χ2n) is 8.44. The largest absolute Gasteiger partial charge is 0.379 e. The fourth-order valence-electron chi connectivity index (χ4n) is 3.65. The summed E-state index contributed by atoms with van der Waals surface area (Å²) in [5.41, 5.74) is 0. The summed E-state index contributed by atoms with van der Waals surface area (Å²) in [4.78, 5) is 5.55. The van der Waals surface area contributed by atoms with Crippen molar-refractivity contribution >= 4 is 18.4 Å². The van der Waals surface area contributed by atoms with Gasteiger partial charge < -0.3 is 18.9 Å². The van der Waals surface area contributed by atoms with Crippen molar-refractivity contribution < 1.29 is 28.1 Å². The lowest BCUT2D eigenvalue weighted by Crippen LogP contribution is -2.11. The summed E-state index contributed by atoms with van der Waals surface area (Å²) < 4.78 is 35.4. The predicted octanol–water partition coefficient (Wildman–Crippen LogP) is 7.94. The van der Waals surface area contributed by atoms with E-state index in [0.717, 1.165) is 23.6 Å². The zero-order valence-electron chi connectivity index (χ0n) is 21.0. The molecule has 0 aliphatic rings. The van der Waals surface area contributed by atoms with E-state index in [0.29, 0.717) is 32.2 Å². The van der Waals surface area contributed by atoms with Crippen LogP contribution in [0.2, 0.25) is 0 Å². The van der Waals surface area contributed by atoms with E-state index in [4.69, 9.17) is 23.6 Å². The molecule has 0 aliphatic carbocycles. The van der Waals surface area contributed by atoms with Gasteiger partial charge in [-0.3, -0.25) is 4.57 Å². The van der Waals surface area contributed by atoms with Crippen molar-refractivity contribution in [1.82, 2.24) is 0 Å². The van der Waals surface area contributed by atoms with Gasteiger partial charge in [-0.15, -0.1) is 0 Å². The topological polar surface area (TPSA) is 63.2 Å². The highest BCUT2D eigenvalue weighted by Crippen LogP contribution is 2.48. The van der Waals surface area contributed by atoms with E-state index in [2.05, 4.69) is 6.92 Å². The van der Waals surface area contributed by atoms with Gasteiger partial charge in [-0.1, -0.05) is 99.4 Å². The zero-order chi connectivity index (χ0) is 24.3. The molecule has 1 unspecified atom stereocenters. The molecule has 0 radical (unpaired) electrons. The van der Waals surface area contributed by atoms with Crippen LogP contribution in [0.25, 0.3) is 10.8 Å². The van der Waals surface area contributed by atoms with E-state index in [1.165, 1.54) is 44.9 Å². The first kappa shape index (κ1) is 28.8. The number of benzene rings is 2. The Bertz CT molecular complexity index is 822. The van der Waals surface area contributed by atoms with Gasteiger partial charge in [0.2, 0.25) is 0 Å². The number of fused-ring (bicyclic) bond motifs is 1. The molecule has 0 aliphatic heterocycles. The van der Waals surface area contributed by atoms with Gasteiger partial charge in [0.25, 0.3) is 0 Å². The molecule has 34 heavy (non-hydrogen) atoms. The quantitative estimate of drug-likeness (QED) is 0.0759. The Morgan fingerprint density at radius 2 is 1.38 bits per heavy atom. The van der Waals surface area contributed by atoms with Crippen molar-refractivity contribution in [3.63, 3.8) is 0 Å². The molecule has 1 atom stereocenters. The Kier molecular flexibility index (Phi) is 15.2. The average Bonchev–Trinajstić information content (AvgIpc) is 2.86. The van der Waals surface area contributed by atoms with E-state index >= 15 is 0 Å². The maximum absolute atomic E-state index is 13.4. The SMILES string of the molecule is CCCCCCCCCCCOP(=O)(CCOCCOCC)OOc1cccc2ccccc12. The summed E-state index contributed by atoms with van der Waals surface area (Å²) in [6, 6.07) is 13.5. The molecule has 2 aromatic carbocycles. The maximum atomic E-state index is 13.4. The molecule has 0 aromatic heterocycles. The molecular formula is C27H43O6P. The molecule has 0 heterocycles. The summed E-state index contributed by atoms with van der Waals surface area (Å²) in [5.74, 6) is 0.516. The summed E-state index contributed by atoms with van der Waals surface area (Å²) in [5, 5.41) is 1.91. The third-order valence-electron chi connectivity index (χ3n) is 5.61. The highest BCUT2D eigenvalue weighted by Gasteiger charge is 2.27. The molecular weight excluding hydrogens is 451 g/mol. The average molecular weight is 495 g/mol. The first-order valence-electron chi connectivity index (χ1n) is 12.9. The van der Waals surface area contributed by atoms with Gasteiger partial charge >= 0.3 is 7.60 Å². The molecule has 0 saturated carbocycles. The number of unbranched alkanes of at least 4 members (excludes halogenated alkanes) is 8. The third-order valence-corrected chi connectivity index (χ3v) is 7.22. The van der Waals surface area contributed by atoms with Crippen LogP contribution in [0.3, 0.4) is 0 Å². The molecule has 0 bridgehead atoms. The van der Waals surface area contributed by atoms with Crippen LogP contribution in [0, 0.1) is 0 Å². The van der Waals surface area contributed by atoms with Gasteiger partial charge in [0.1, 0.15) is 0 Å². The van der Waals surface area contributed by atoms with Crippen LogP contribution in [0.15, 0.2) is 42.5 Å². The highest BCUT2D eigenvalue weighted by molar-refractivity contribution is 7.53. The normalized spacial score (nSPS) is 13.2.